The van der Waals surface area contributed by atoms with Gasteiger partial charge >= 0.3 is 0 Å². The number of hydrogen-bond acceptors (Lipinski definition) is 7. The van der Waals surface area contributed by atoms with E-state index in [9.17, 15) is 0 Å². The number of benzene rings is 1. The van der Waals surface area contributed by atoms with Crippen LogP contribution >= 0.6 is 11.6 Å². The molecule has 0 saturated carbocycles. The molecule has 1 aliphatic heterocycles. The van der Waals surface area contributed by atoms with E-state index in [0.29, 0.717) is 11.9 Å². The van der Waals surface area contributed by atoms with Gasteiger partial charge in [0.15, 0.2) is 0 Å². The summed E-state index contributed by atoms with van der Waals surface area (Å²) in [5.41, 5.74) is 0.840. The first kappa shape index (κ1) is 17.7. The number of hydrogen-bond donors (Lipinski definition) is 3. The van der Waals surface area contributed by atoms with Gasteiger partial charge in [0.1, 0.15) is 18.8 Å². The van der Waals surface area contributed by atoms with E-state index in [1.54, 1.807) is 7.11 Å². The summed E-state index contributed by atoms with van der Waals surface area (Å²) in [4.78, 5) is 14.1. The number of nitrogens with zero attached hydrogens (tertiary/aromatic N) is 3. The summed E-state index contributed by atoms with van der Waals surface area (Å²) in [5, 5.41) is 6.47. The summed E-state index contributed by atoms with van der Waals surface area (Å²) >= 11 is 6.01. The van der Waals surface area contributed by atoms with Crippen LogP contribution in [0.1, 0.15) is 0 Å². The molecule has 2 heterocycles. The molecule has 134 valence electrons. The van der Waals surface area contributed by atoms with Crippen molar-refractivity contribution in [3.05, 3.63) is 29.5 Å². The predicted molar refractivity (Wildman–Crippen MR) is 96.0 cm³/mol. The number of morpholine rings is 1. The Labute approximate surface area is 151 Å². The largest absolute Gasteiger partial charge is 0.497 e. The molecule has 25 heavy (non-hydrogen) atoms. The molecule has 0 bridgehead atoms. The Balaban J connectivity index is 1.57. The second kappa shape index (κ2) is 8.80. The quantitative estimate of drug-likeness (QED) is 0.662. The zero-order valence-corrected chi connectivity index (χ0v) is 14.8. The van der Waals surface area contributed by atoms with Crippen LogP contribution in [0.2, 0.25) is 5.28 Å². The number of aromatic nitrogens is 3. The van der Waals surface area contributed by atoms with Crippen molar-refractivity contribution in [2.45, 2.75) is 0 Å². The number of ether oxygens (including phenoxy) is 2. The second-order valence-electron chi connectivity index (χ2n) is 5.64. The zero-order chi connectivity index (χ0) is 17.5. The Morgan fingerprint density at radius 3 is 2.56 bits per heavy atom. The molecule has 0 atom stereocenters. The molecule has 1 aromatic carbocycles. The van der Waals surface area contributed by atoms with Crippen molar-refractivity contribution in [3.8, 4) is 5.75 Å². The highest BCUT2D eigenvalue weighted by atomic mass is 35.5. The molecule has 0 aliphatic carbocycles. The van der Waals surface area contributed by atoms with Crippen LogP contribution in [0.5, 0.6) is 5.75 Å². The predicted octanol–water partition coefficient (Wildman–Crippen LogP) is 0.604. The van der Waals surface area contributed by atoms with Crippen molar-refractivity contribution in [2.75, 3.05) is 57.1 Å². The van der Waals surface area contributed by atoms with Crippen LogP contribution in [0, 0.1) is 0 Å². The third-order valence-corrected chi connectivity index (χ3v) is 4.08. The minimum atomic E-state index is 0.146. The molecule has 0 unspecified atom stereocenters. The number of anilines is 3. The lowest BCUT2D eigenvalue weighted by Crippen LogP contribution is -3.14. The fourth-order valence-electron chi connectivity index (χ4n) is 2.55. The van der Waals surface area contributed by atoms with Gasteiger partial charge in [-0.15, -0.1) is 0 Å². The highest BCUT2D eigenvalue weighted by Gasteiger charge is 2.13. The normalized spacial score (nSPS) is 15.0. The molecule has 9 heteroatoms. The maximum absolute atomic E-state index is 6.01. The Hall–Kier alpha value is -2.16. The first-order chi connectivity index (χ1) is 12.2. The first-order valence-corrected chi connectivity index (χ1v) is 8.58. The number of quaternary nitrogens is 1. The summed E-state index contributed by atoms with van der Waals surface area (Å²) in [7, 11) is 1.63. The molecule has 1 aromatic heterocycles. The highest BCUT2D eigenvalue weighted by Crippen LogP contribution is 2.19. The van der Waals surface area contributed by atoms with Crippen LogP contribution in [0.25, 0.3) is 0 Å². The van der Waals surface area contributed by atoms with Crippen LogP contribution in [0.4, 0.5) is 17.6 Å². The second-order valence-corrected chi connectivity index (χ2v) is 5.98. The number of halogens is 1. The van der Waals surface area contributed by atoms with Crippen molar-refractivity contribution in [1.29, 1.82) is 0 Å². The van der Waals surface area contributed by atoms with E-state index in [1.165, 1.54) is 4.90 Å². The van der Waals surface area contributed by atoms with Crippen molar-refractivity contribution < 1.29 is 14.4 Å². The molecule has 3 N–H and O–H groups in total. The van der Waals surface area contributed by atoms with Crippen molar-refractivity contribution >= 4 is 29.2 Å². The van der Waals surface area contributed by atoms with Gasteiger partial charge in [-0.1, -0.05) is 0 Å². The molecule has 0 amide bonds. The Bertz CT molecular complexity index is 679. The lowest BCUT2D eigenvalue weighted by atomic mass is 10.3. The average molecular weight is 366 g/mol. The average Bonchev–Trinajstić information content (AvgIpc) is 2.63. The Morgan fingerprint density at radius 1 is 1.12 bits per heavy atom. The summed E-state index contributed by atoms with van der Waals surface area (Å²) in [6.07, 6.45) is 0. The van der Waals surface area contributed by atoms with Gasteiger partial charge < -0.3 is 25.0 Å². The Kier molecular flexibility index (Phi) is 6.21. The van der Waals surface area contributed by atoms with Crippen molar-refractivity contribution in [3.63, 3.8) is 0 Å². The van der Waals surface area contributed by atoms with Crippen LogP contribution < -0.4 is 20.3 Å². The summed E-state index contributed by atoms with van der Waals surface area (Å²) in [6.45, 7) is 5.45. The van der Waals surface area contributed by atoms with E-state index >= 15 is 0 Å². The lowest BCUT2D eigenvalue weighted by molar-refractivity contribution is -0.906. The van der Waals surface area contributed by atoms with Crippen LogP contribution in [0.15, 0.2) is 24.3 Å². The van der Waals surface area contributed by atoms with E-state index in [1.807, 2.05) is 24.3 Å². The van der Waals surface area contributed by atoms with Crippen molar-refractivity contribution in [1.82, 2.24) is 15.0 Å². The third-order valence-electron chi connectivity index (χ3n) is 3.92. The summed E-state index contributed by atoms with van der Waals surface area (Å²) in [5.74, 6) is 1.64. The van der Waals surface area contributed by atoms with E-state index in [4.69, 9.17) is 21.1 Å². The van der Waals surface area contributed by atoms with Gasteiger partial charge in [0.05, 0.1) is 33.4 Å². The molecule has 1 fully saturated rings. The van der Waals surface area contributed by atoms with E-state index < -0.39 is 0 Å². The number of nitrogens with one attached hydrogen (secondary N) is 3. The van der Waals surface area contributed by atoms with Crippen molar-refractivity contribution in [2.24, 2.45) is 0 Å². The van der Waals surface area contributed by atoms with Gasteiger partial charge in [0, 0.05) is 5.69 Å². The molecular weight excluding hydrogens is 344 g/mol. The number of methoxy groups -OCH3 is 1. The molecule has 1 saturated heterocycles. The smallest absolute Gasteiger partial charge is 0.233 e. The summed E-state index contributed by atoms with van der Waals surface area (Å²) in [6, 6.07) is 7.47. The molecule has 1 aliphatic rings. The van der Waals surface area contributed by atoms with E-state index in [2.05, 4.69) is 25.6 Å². The maximum Gasteiger partial charge on any atom is 0.233 e. The van der Waals surface area contributed by atoms with Gasteiger partial charge in [-0.25, -0.2) is 0 Å². The number of rotatable bonds is 7. The standard InChI is InChI=1S/C16H21ClN6O2/c1-24-13-4-2-12(3-5-13)19-16-21-14(17)20-15(22-16)18-6-7-23-8-10-25-11-9-23/h2-5H,6-11H2,1H3,(H2,18,19,20,21,22)/p+1. The highest BCUT2D eigenvalue weighted by molar-refractivity contribution is 6.28. The Morgan fingerprint density at radius 2 is 1.84 bits per heavy atom. The van der Waals surface area contributed by atoms with Crippen LogP contribution in [-0.4, -0.2) is 61.5 Å². The topological polar surface area (TPSA) is 85.6 Å². The first-order valence-electron chi connectivity index (χ1n) is 8.21. The van der Waals surface area contributed by atoms with Crippen LogP contribution in [-0.2, 0) is 4.74 Å². The minimum absolute atomic E-state index is 0.146. The van der Waals surface area contributed by atoms with E-state index in [-0.39, 0.29) is 5.28 Å². The monoisotopic (exact) mass is 365 g/mol. The van der Waals surface area contributed by atoms with Gasteiger partial charge in [-0.05, 0) is 35.9 Å². The molecule has 3 rings (SSSR count). The van der Waals surface area contributed by atoms with Gasteiger partial charge in [-0.2, -0.15) is 15.0 Å². The maximum atomic E-state index is 6.01. The molecule has 2 aromatic rings. The van der Waals surface area contributed by atoms with Gasteiger partial charge in [0.25, 0.3) is 0 Å². The van der Waals surface area contributed by atoms with E-state index in [0.717, 1.165) is 50.8 Å². The van der Waals surface area contributed by atoms with Gasteiger partial charge in [0.2, 0.25) is 17.2 Å². The van der Waals surface area contributed by atoms with Gasteiger partial charge in [-0.3, -0.25) is 0 Å². The third kappa shape index (κ3) is 5.42. The molecule has 8 nitrogen and oxygen atoms in total. The lowest BCUT2D eigenvalue weighted by Gasteiger charge is -2.23. The SMILES string of the molecule is COc1ccc(Nc2nc(Cl)nc(NCC[NH+]3CCOCC3)n2)cc1. The summed E-state index contributed by atoms with van der Waals surface area (Å²) < 4.78 is 10.5. The minimum Gasteiger partial charge on any atom is -0.497 e. The zero-order valence-electron chi connectivity index (χ0n) is 14.1. The van der Waals surface area contributed by atoms with Crippen LogP contribution in [0.3, 0.4) is 0 Å². The fourth-order valence-corrected chi connectivity index (χ4v) is 2.71. The fraction of sp³-hybridized carbons (Fsp3) is 0.438. The molecule has 0 radical (unpaired) electrons. The molecular formula is C16H22ClN6O2+. The molecule has 0 spiro atoms.